The van der Waals surface area contributed by atoms with Gasteiger partial charge in [-0.05, 0) is 39.5 Å². The summed E-state index contributed by atoms with van der Waals surface area (Å²) in [5.74, 6) is 1.17. The molecule has 9 nitrogen and oxygen atoms in total. The zero-order chi connectivity index (χ0) is 20.1. The number of urea groups is 1. The first-order valence-corrected chi connectivity index (χ1v) is 10.0. The number of carbonyl (C=O) groups excluding carboxylic acids is 2. The molecule has 156 valence electrons. The van der Waals surface area contributed by atoms with Gasteiger partial charge in [-0.2, -0.15) is 5.10 Å². The molecule has 1 aromatic rings. The average molecular weight is 393 g/mol. The van der Waals surface area contributed by atoms with E-state index in [1.54, 1.807) is 12.0 Å². The molecule has 3 N–H and O–H groups in total. The van der Waals surface area contributed by atoms with Crippen LogP contribution in [0.1, 0.15) is 51.1 Å². The zero-order valence-electron chi connectivity index (χ0n) is 16.9. The Morgan fingerprint density at radius 1 is 1.36 bits per heavy atom. The Hall–Kier alpha value is -2.29. The molecule has 2 fully saturated rings. The molecule has 2 aliphatic rings. The van der Waals surface area contributed by atoms with Gasteiger partial charge in [0.15, 0.2) is 5.82 Å². The lowest BCUT2D eigenvalue weighted by atomic mass is 10.0. The van der Waals surface area contributed by atoms with Crippen molar-refractivity contribution in [3.8, 4) is 0 Å². The Labute approximate surface area is 165 Å². The van der Waals surface area contributed by atoms with Gasteiger partial charge in [-0.15, -0.1) is 0 Å². The number of ether oxygens (including phenoxy) is 2. The highest BCUT2D eigenvalue weighted by Crippen LogP contribution is 2.35. The van der Waals surface area contributed by atoms with Crippen LogP contribution in [0.2, 0.25) is 0 Å². The molecule has 1 aliphatic heterocycles. The number of methoxy groups -OCH3 is 1. The molecule has 28 heavy (non-hydrogen) atoms. The molecule has 0 radical (unpaired) electrons. The lowest BCUT2D eigenvalue weighted by molar-refractivity contribution is 0.0981. The second-order valence-electron chi connectivity index (χ2n) is 8.03. The molecule has 9 heteroatoms. The molecule has 0 aromatic carbocycles. The number of nitrogens with zero attached hydrogens (tertiary/aromatic N) is 2. The molecule has 3 atom stereocenters. The molecule has 0 spiro atoms. The number of carbonyl (C=O) groups is 2. The Kier molecular flexibility index (Phi) is 6.77. The largest absolute Gasteiger partial charge is 0.446 e. The minimum atomic E-state index is -0.365. The van der Waals surface area contributed by atoms with E-state index in [-0.39, 0.29) is 30.2 Å². The number of amides is 3. The highest BCUT2D eigenvalue weighted by Gasteiger charge is 2.31. The summed E-state index contributed by atoms with van der Waals surface area (Å²) in [6, 6.07) is 1.81. The van der Waals surface area contributed by atoms with Crippen molar-refractivity contribution in [3.63, 3.8) is 0 Å². The number of aromatic nitrogens is 2. The van der Waals surface area contributed by atoms with Crippen LogP contribution in [0.3, 0.4) is 0 Å². The molecular weight excluding hydrogens is 362 g/mol. The zero-order valence-corrected chi connectivity index (χ0v) is 16.9. The van der Waals surface area contributed by atoms with Crippen LogP contribution in [-0.2, 0) is 9.47 Å². The molecule has 2 heterocycles. The van der Waals surface area contributed by atoms with Crippen molar-refractivity contribution in [2.45, 2.75) is 57.6 Å². The third-order valence-corrected chi connectivity index (χ3v) is 5.31. The van der Waals surface area contributed by atoms with E-state index in [1.807, 2.05) is 19.9 Å². The summed E-state index contributed by atoms with van der Waals surface area (Å²) >= 11 is 0. The maximum absolute atomic E-state index is 12.4. The van der Waals surface area contributed by atoms with Gasteiger partial charge in [0.2, 0.25) is 0 Å². The van der Waals surface area contributed by atoms with Crippen LogP contribution in [0.15, 0.2) is 6.07 Å². The molecule has 1 aromatic heterocycles. The van der Waals surface area contributed by atoms with Crippen LogP contribution >= 0.6 is 0 Å². The first-order valence-electron chi connectivity index (χ1n) is 10.0. The van der Waals surface area contributed by atoms with Crippen molar-refractivity contribution in [3.05, 3.63) is 11.8 Å². The predicted molar refractivity (Wildman–Crippen MR) is 104 cm³/mol. The molecular formula is C19H31N5O4. The van der Waals surface area contributed by atoms with Gasteiger partial charge in [-0.1, -0.05) is 0 Å². The average Bonchev–Trinajstić information content (AvgIpc) is 3.35. The first-order chi connectivity index (χ1) is 13.4. The third-order valence-electron chi connectivity index (χ3n) is 5.31. The van der Waals surface area contributed by atoms with E-state index in [2.05, 4.69) is 20.8 Å². The smallest absolute Gasteiger partial charge is 0.407 e. The number of hydrogen-bond donors (Lipinski definition) is 3. The van der Waals surface area contributed by atoms with E-state index in [0.717, 1.165) is 37.9 Å². The quantitative estimate of drug-likeness (QED) is 0.688. The van der Waals surface area contributed by atoms with Crippen LogP contribution in [0.5, 0.6) is 0 Å². The number of rotatable bonds is 6. The maximum atomic E-state index is 12.4. The normalized spacial score (nSPS) is 24.6. The Balaban J connectivity index is 1.47. The Morgan fingerprint density at radius 2 is 2.18 bits per heavy atom. The first kappa shape index (κ1) is 20.4. The van der Waals surface area contributed by atoms with Crippen molar-refractivity contribution in [1.29, 1.82) is 0 Å². The molecule has 0 bridgehead atoms. The topological polar surface area (TPSA) is 109 Å². The van der Waals surface area contributed by atoms with Gasteiger partial charge in [-0.25, -0.2) is 9.59 Å². The number of alkyl carbamates (subject to hydrolysis) is 1. The van der Waals surface area contributed by atoms with E-state index in [9.17, 15) is 9.59 Å². The molecule has 1 saturated heterocycles. The summed E-state index contributed by atoms with van der Waals surface area (Å²) in [5, 5.41) is 12.9. The van der Waals surface area contributed by atoms with E-state index < -0.39 is 0 Å². The predicted octanol–water partition coefficient (Wildman–Crippen LogP) is 2.68. The van der Waals surface area contributed by atoms with Gasteiger partial charge >= 0.3 is 12.1 Å². The summed E-state index contributed by atoms with van der Waals surface area (Å²) in [5.41, 5.74) is 0.962. The summed E-state index contributed by atoms with van der Waals surface area (Å²) in [4.78, 5) is 26.0. The number of anilines is 1. The number of aromatic amines is 1. The molecule has 3 rings (SSSR count). The summed E-state index contributed by atoms with van der Waals surface area (Å²) in [6.07, 6.45) is 3.00. The minimum absolute atomic E-state index is 0.0591. The fourth-order valence-electron chi connectivity index (χ4n) is 3.94. The van der Waals surface area contributed by atoms with Crippen molar-refractivity contribution in [1.82, 2.24) is 20.4 Å². The van der Waals surface area contributed by atoms with Gasteiger partial charge in [0.05, 0.1) is 6.61 Å². The number of nitrogens with one attached hydrogen (secondary N) is 3. The summed E-state index contributed by atoms with van der Waals surface area (Å²) in [6.45, 7) is 5.92. The van der Waals surface area contributed by atoms with Crippen molar-refractivity contribution >= 4 is 17.9 Å². The lowest BCUT2D eigenvalue weighted by Gasteiger charge is -2.16. The fourth-order valence-corrected chi connectivity index (χ4v) is 3.94. The van der Waals surface area contributed by atoms with E-state index in [4.69, 9.17) is 9.47 Å². The lowest BCUT2D eigenvalue weighted by Crippen LogP contribution is -2.33. The standard InChI is InChI=1S/C19H31N5O4/c1-12(2)20-19(26)28-15-5-4-14(8-15)16-9-17(23-22-16)21-18(25)24-7-6-13(10-24)11-27-3/h9,12-15H,4-8,10-11H2,1-3H3,(H,20,26)(H2,21,22,23,25)/t13-,14+,15-/m1/s1. The van der Waals surface area contributed by atoms with Crippen molar-refractivity contribution in [2.24, 2.45) is 5.92 Å². The maximum Gasteiger partial charge on any atom is 0.407 e. The monoisotopic (exact) mass is 393 g/mol. The van der Waals surface area contributed by atoms with Crippen LogP contribution in [0, 0.1) is 5.92 Å². The van der Waals surface area contributed by atoms with Crippen molar-refractivity contribution in [2.75, 3.05) is 32.1 Å². The number of hydrogen-bond acceptors (Lipinski definition) is 5. The molecule has 1 saturated carbocycles. The van der Waals surface area contributed by atoms with Crippen molar-refractivity contribution < 1.29 is 19.1 Å². The van der Waals surface area contributed by atoms with Crippen LogP contribution in [0.25, 0.3) is 0 Å². The fraction of sp³-hybridized carbons (Fsp3) is 0.737. The molecule has 0 unspecified atom stereocenters. The van der Waals surface area contributed by atoms with E-state index in [1.165, 1.54) is 0 Å². The van der Waals surface area contributed by atoms with Crippen LogP contribution in [0.4, 0.5) is 15.4 Å². The second kappa shape index (κ2) is 9.27. The van der Waals surface area contributed by atoms with Gasteiger partial charge in [0, 0.05) is 49.8 Å². The van der Waals surface area contributed by atoms with Crippen LogP contribution < -0.4 is 10.6 Å². The van der Waals surface area contributed by atoms with Gasteiger partial charge in [0.25, 0.3) is 0 Å². The van der Waals surface area contributed by atoms with E-state index in [0.29, 0.717) is 24.9 Å². The number of likely N-dealkylation sites (tertiary alicyclic amines) is 1. The summed E-state index contributed by atoms with van der Waals surface area (Å²) in [7, 11) is 1.68. The van der Waals surface area contributed by atoms with E-state index >= 15 is 0 Å². The van der Waals surface area contributed by atoms with Crippen LogP contribution in [-0.4, -0.2) is 66.2 Å². The molecule has 1 aliphatic carbocycles. The summed E-state index contributed by atoms with van der Waals surface area (Å²) < 4.78 is 10.6. The minimum Gasteiger partial charge on any atom is -0.446 e. The van der Waals surface area contributed by atoms with Gasteiger partial charge in [0.1, 0.15) is 6.10 Å². The Morgan fingerprint density at radius 3 is 2.93 bits per heavy atom. The highest BCUT2D eigenvalue weighted by atomic mass is 16.6. The third kappa shape index (κ3) is 5.37. The highest BCUT2D eigenvalue weighted by molar-refractivity contribution is 5.88. The van der Waals surface area contributed by atoms with Gasteiger partial charge < -0.3 is 19.7 Å². The number of H-pyrrole nitrogens is 1. The second-order valence-corrected chi connectivity index (χ2v) is 8.03. The SMILES string of the molecule is COC[C@@H]1CCN(C(=O)Nc2cc([C@H]3CC[C@@H](OC(=O)NC(C)C)C3)[nH]n2)C1. The van der Waals surface area contributed by atoms with Gasteiger partial charge in [-0.3, -0.25) is 10.4 Å². The Bertz CT molecular complexity index is 677. The molecule has 3 amide bonds.